The third-order valence-electron chi connectivity index (χ3n) is 5.55. The summed E-state index contributed by atoms with van der Waals surface area (Å²) in [6.45, 7) is 34.7. The van der Waals surface area contributed by atoms with Crippen LogP contribution in [0, 0.1) is 5.41 Å². The molecule has 0 spiro atoms. The average molecular weight is 419 g/mol. The van der Waals surface area contributed by atoms with Crippen LogP contribution in [0.15, 0.2) is 0 Å². The standard InChI is InChI=1S/C21H46N2P2Si/c1-15(2)22(16(3)4)25(23(17(5)6)18(7)8)21(26(12,13)14)19(24-21)20(9,10)11/h15-18H,1-14H3/p+2. The second-order valence-corrected chi connectivity index (χ2v) is 21.9. The molecule has 0 aromatic carbocycles. The van der Waals surface area contributed by atoms with Crippen LogP contribution in [0.3, 0.4) is 0 Å². The Morgan fingerprint density at radius 3 is 1.23 bits per heavy atom. The van der Waals surface area contributed by atoms with Crippen molar-refractivity contribution in [3.8, 4) is 0 Å². The molecule has 0 saturated carbocycles. The van der Waals surface area contributed by atoms with Crippen LogP contribution in [0.25, 0.3) is 0 Å². The summed E-state index contributed by atoms with van der Waals surface area (Å²) in [6, 6.07) is 2.40. The summed E-state index contributed by atoms with van der Waals surface area (Å²) in [5.41, 5.74) is 0.341. The van der Waals surface area contributed by atoms with Gasteiger partial charge < -0.3 is 0 Å². The molecule has 1 heterocycles. The lowest BCUT2D eigenvalue weighted by Gasteiger charge is -2.44. The Morgan fingerprint density at radius 2 is 1.08 bits per heavy atom. The van der Waals surface area contributed by atoms with Crippen molar-refractivity contribution in [2.45, 2.75) is 124 Å². The van der Waals surface area contributed by atoms with Gasteiger partial charge in [-0.05, 0) is 55.4 Å². The lowest BCUT2D eigenvalue weighted by Crippen LogP contribution is -2.56. The maximum Gasteiger partial charge on any atom is 0.284 e. The van der Waals surface area contributed by atoms with Gasteiger partial charge in [0, 0.05) is 29.6 Å². The minimum absolute atomic E-state index is 0.341. The van der Waals surface area contributed by atoms with Crippen molar-refractivity contribution in [1.29, 1.82) is 0 Å². The van der Waals surface area contributed by atoms with E-state index in [-0.39, 0.29) is 0 Å². The van der Waals surface area contributed by atoms with Crippen LogP contribution in [0.2, 0.25) is 19.6 Å². The van der Waals surface area contributed by atoms with Gasteiger partial charge in [-0.15, -0.1) is 0 Å². The molecule has 5 heteroatoms. The number of hydrogen-bond donors (Lipinski definition) is 0. The molecule has 0 radical (unpaired) electrons. The summed E-state index contributed by atoms with van der Waals surface area (Å²) in [7, 11) is -1.18. The predicted octanol–water partition coefficient (Wildman–Crippen LogP) is 6.75. The molecule has 0 aromatic heterocycles. The van der Waals surface area contributed by atoms with Crippen LogP contribution in [0.1, 0.15) is 76.2 Å². The highest BCUT2D eigenvalue weighted by Gasteiger charge is 2.81. The van der Waals surface area contributed by atoms with Crippen molar-refractivity contribution in [3.63, 3.8) is 0 Å². The van der Waals surface area contributed by atoms with Gasteiger partial charge in [0.15, 0.2) is 21.6 Å². The third-order valence-corrected chi connectivity index (χ3v) is 20.9. The zero-order valence-corrected chi connectivity index (χ0v) is 23.2. The van der Waals surface area contributed by atoms with E-state index in [4.69, 9.17) is 0 Å². The monoisotopic (exact) mass is 418 g/mol. The van der Waals surface area contributed by atoms with Crippen LogP contribution in [0.4, 0.5) is 0 Å². The van der Waals surface area contributed by atoms with E-state index in [0.717, 1.165) is 8.20 Å². The largest absolute Gasteiger partial charge is 0.284 e. The van der Waals surface area contributed by atoms with E-state index in [1.807, 2.05) is 5.29 Å². The van der Waals surface area contributed by atoms with Gasteiger partial charge in [0.05, 0.1) is 0 Å². The smallest absolute Gasteiger partial charge is 0.157 e. The zero-order valence-electron chi connectivity index (χ0n) is 20.2. The molecule has 1 aliphatic rings. The molecular formula is C21H48N2P2Si+2. The van der Waals surface area contributed by atoms with Crippen molar-refractivity contribution >= 4 is 29.8 Å². The molecular weight excluding hydrogens is 370 g/mol. The Hall–Kier alpha value is 0.737. The molecule has 154 valence electrons. The Morgan fingerprint density at radius 1 is 0.769 bits per heavy atom. The fraction of sp³-hybridized carbons (Fsp3) is 0.952. The molecule has 0 aliphatic carbocycles. The van der Waals surface area contributed by atoms with Crippen LogP contribution < -0.4 is 0 Å². The van der Waals surface area contributed by atoms with E-state index in [9.17, 15) is 0 Å². The fourth-order valence-electron chi connectivity index (χ4n) is 4.66. The first-order valence-corrected chi connectivity index (χ1v) is 16.5. The lowest BCUT2D eigenvalue weighted by molar-refractivity contribution is 0.255. The maximum atomic E-state index is 2.94. The Kier molecular flexibility index (Phi) is 7.84. The predicted molar refractivity (Wildman–Crippen MR) is 131 cm³/mol. The van der Waals surface area contributed by atoms with Gasteiger partial charge in [-0.2, -0.15) is 9.34 Å². The maximum absolute atomic E-state index is 2.94. The average Bonchev–Trinajstić information content (AvgIpc) is 3.11. The van der Waals surface area contributed by atoms with Crippen LogP contribution in [-0.2, 0) is 0 Å². The van der Waals surface area contributed by atoms with Gasteiger partial charge in [-0.3, -0.25) is 0 Å². The summed E-state index contributed by atoms with van der Waals surface area (Å²) >= 11 is 0. The fourth-order valence-corrected chi connectivity index (χ4v) is 18.8. The molecule has 1 rings (SSSR count). The summed E-state index contributed by atoms with van der Waals surface area (Å²) in [5, 5.41) is 1.90. The second-order valence-electron chi connectivity index (χ2n) is 11.3. The molecule has 0 aromatic rings. The van der Waals surface area contributed by atoms with Crippen molar-refractivity contribution in [2.24, 2.45) is 5.41 Å². The van der Waals surface area contributed by atoms with E-state index >= 15 is 0 Å². The van der Waals surface area contributed by atoms with Gasteiger partial charge in [0.25, 0.3) is 4.52 Å². The molecule has 1 aliphatic heterocycles. The van der Waals surface area contributed by atoms with Gasteiger partial charge in [-0.25, -0.2) is 0 Å². The lowest BCUT2D eigenvalue weighted by atomic mass is 9.93. The number of rotatable bonds is 8. The molecule has 0 amide bonds. The molecule has 0 N–H and O–H groups in total. The minimum atomic E-state index is -1.38. The topological polar surface area (TPSA) is 6.48 Å². The van der Waals surface area contributed by atoms with Crippen molar-refractivity contribution < 1.29 is 0 Å². The van der Waals surface area contributed by atoms with Crippen molar-refractivity contribution in [2.75, 3.05) is 0 Å². The van der Waals surface area contributed by atoms with Gasteiger partial charge >= 0.3 is 0 Å². The first-order chi connectivity index (χ1) is 11.5. The van der Waals surface area contributed by atoms with E-state index in [2.05, 4.69) is 105 Å². The number of hydrogen-bond acceptors (Lipinski definition) is 2. The molecule has 26 heavy (non-hydrogen) atoms. The van der Waals surface area contributed by atoms with Crippen LogP contribution in [-0.4, -0.2) is 51.4 Å². The van der Waals surface area contributed by atoms with Gasteiger partial charge in [0.2, 0.25) is 0 Å². The van der Waals surface area contributed by atoms with E-state index in [1.165, 1.54) is 0 Å². The zero-order chi connectivity index (χ0) is 20.8. The third kappa shape index (κ3) is 4.65. The molecule has 0 bridgehead atoms. The van der Waals surface area contributed by atoms with Crippen LogP contribution in [0.5, 0.6) is 0 Å². The molecule has 0 saturated heterocycles. The highest BCUT2D eigenvalue weighted by atomic mass is 31.2. The minimum Gasteiger partial charge on any atom is -0.157 e. The highest BCUT2D eigenvalue weighted by molar-refractivity contribution is 7.84. The first-order valence-electron chi connectivity index (χ1n) is 10.6. The molecule has 0 fully saturated rings. The normalized spacial score (nSPS) is 22.6. The van der Waals surface area contributed by atoms with Crippen molar-refractivity contribution in [1.82, 2.24) is 9.34 Å². The quantitative estimate of drug-likeness (QED) is 0.318. The second kappa shape index (κ2) is 8.23. The summed E-state index contributed by atoms with van der Waals surface area (Å²) in [6.07, 6.45) is 0. The molecule has 2 unspecified atom stereocenters. The molecule has 2 nitrogen and oxygen atoms in total. The van der Waals surface area contributed by atoms with E-state index < -0.39 is 16.3 Å². The van der Waals surface area contributed by atoms with Gasteiger partial charge in [0.1, 0.15) is 8.20 Å². The Balaban J connectivity index is 3.67. The van der Waals surface area contributed by atoms with E-state index in [0.29, 0.717) is 34.1 Å². The summed E-state index contributed by atoms with van der Waals surface area (Å²) in [5.74, 6) is 0. The summed E-state index contributed by atoms with van der Waals surface area (Å²) < 4.78 is 6.39. The number of nitrogens with zero attached hydrogens (tertiary/aromatic N) is 2. The summed E-state index contributed by atoms with van der Waals surface area (Å²) in [4.78, 5) is 0. The Labute approximate surface area is 169 Å². The first kappa shape index (κ1) is 24.8. The SMILES string of the molecule is CC(C)N(C(C)C)[PH+](N(C(C)C)C(C)C)C1([Si](C)(C)C)[PH+]=C1C(C)(C)C. The Bertz CT molecular complexity index is 479. The van der Waals surface area contributed by atoms with E-state index in [1.54, 1.807) is 0 Å². The van der Waals surface area contributed by atoms with Gasteiger partial charge in [-0.1, -0.05) is 40.4 Å². The van der Waals surface area contributed by atoms with Crippen molar-refractivity contribution in [3.05, 3.63) is 0 Å². The van der Waals surface area contributed by atoms with Crippen LogP contribution >= 0.6 is 16.4 Å². The highest BCUT2D eigenvalue weighted by Crippen LogP contribution is 2.76. The molecule has 2 atom stereocenters.